The fraction of sp³-hybridized carbons (Fsp3) is 0. The molecule has 6 N–H and O–H groups in total. The van der Waals surface area contributed by atoms with Crippen molar-refractivity contribution < 1.29 is 9.59 Å². The molecule has 0 aliphatic rings. The number of carbonyl (C=O) groups is 2. The lowest BCUT2D eigenvalue weighted by Crippen LogP contribution is -2.29. The number of nitrogens with two attached hydrogens (primary N) is 2. The number of thiophene rings is 2. The van der Waals surface area contributed by atoms with Gasteiger partial charge in [0.2, 0.25) is 0 Å². The highest BCUT2D eigenvalue weighted by Crippen LogP contribution is 2.46. The molecule has 22 heavy (non-hydrogen) atoms. The second kappa shape index (κ2) is 5.65. The maximum Gasteiger partial charge on any atom is 0.275 e. The number of hydrogen-bond acceptors (Lipinski definition) is 6. The summed E-state index contributed by atoms with van der Waals surface area (Å²) in [5, 5.41) is 2.15. The van der Waals surface area contributed by atoms with Gasteiger partial charge in [-0.3, -0.25) is 20.4 Å². The molecule has 0 unspecified atom stereocenters. The zero-order valence-electron chi connectivity index (χ0n) is 10.7. The van der Waals surface area contributed by atoms with Crippen LogP contribution in [0, 0.1) is 0 Å². The summed E-state index contributed by atoms with van der Waals surface area (Å²) in [7, 11) is 0. The van der Waals surface area contributed by atoms with Gasteiger partial charge in [-0.05, 0) is 12.1 Å². The van der Waals surface area contributed by atoms with Crippen LogP contribution >= 0.6 is 45.9 Å². The van der Waals surface area contributed by atoms with Crippen molar-refractivity contribution in [1.82, 2.24) is 10.9 Å². The van der Waals surface area contributed by atoms with Crippen molar-refractivity contribution in [2.45, 2.75) is 0 Å². The number of rotatable bonds is 2. The molecule has 3 aromatic rings. The van der Waals surface area contributed by atoms with Gasteiger partial charge in [-0.2, -0.15) is 0 Å². The lowest BCUT2D eigenvalue weighted by atomic mass is 10.2. The van der Waals surface area contributed by atoms with Crippen molar-refractivity contribution >= 4 is 77.9 Å². The number of amides is 2. The van der Waals surface area contributed by atoms with Crippen LogP contribution in [0.3, 0.4) is 0 Å². The van der Waals surface area contributed by atoms with Crippen LogP contribution in [-0.4, -0.2) is 11.8 Å². The highest BCUT2D eigenvalue weighted by Gasteiger charge is 2.20. The predicted molar refractivity (Wildman–Crippen MR) is 90.5 cm³/mol. The first-order chi connectivity index (χ1) is 10.5. The summed E-state index contributed by atoms with van der Waals surface area (Å²) in [4.78, 5) is 24.1. The number of halogens is 2. The lowest BCUT2D eigenvalue weighted by molar-refractivity contribution is 0.0950. The minimum atomic E-state index is -0.417. The SMILES string of the molecule is NNC(=O)c1cc2c(Cl)c3sc(C(=O)NN)cc3c(Cl)c2s1. The predicted octanol–water partition coefficient (Wildman–Crippen LogP) is 2.63. The Morgan fingerprint density at radius 2 is 1.23 bits per heavy atom. The zero-order chi connectivity index (χ0) is 16.0. The molecule has 2 aromatic heterocycles. The number of benzene rings is 1. The van der Waals surface area contributed by atoms with Crippen LogP contribution in [0.15, 0.2) is 12.1 Å². The Hall–Kier alpha value is -1.42. The van der Waals surface area contributed by atoms with E-state index in [4.69, 9.17) is 34.9 Å². The first-order valence-corrected chi connectivity index (χ1v) is 8.22. The molecule has 1 aromatic carbocycles. The Labute approximate surface area is 141 Å². The Bertz CT molecular complexity index is 806. The van der Waals surface area contributed by atoms with Crippen LogP contribution < -0.4 is 22.5 Å². The van der Waals surface area contributed by atoms with Crippen molar-refractivity contribution in [3.05, 3.63) is 31.9 Å². The van der Waals surface area contributed by atoms with Gasteiger partial charge in [-0.25, -0.2) is 11.7 Å². The molecule has 0 radical (unpaired) electrons. The van der Waals surface area contributed by atoms with Crippen LogP contribution in [0.25, 0.3) is 20.2 Å². The van der Waals surface area contributed by atoms with E-state index in [1.165, 1.54) is 22.7 Å². The third kappa shape index (κ3) is 2.24. The van der Waals surface area contributed by atoms with Gasteiger partial charge in [0.15, 0.2) is 0 Å². The monoisotopic (exact) mass is 374 g/mol. The van der Waals surface area contributed by atoms with Crippen molar-refractivity contribution in [2.24, 2.45) is 11.7 Å². The van der Waals surface area contributed by atoms with Crippen LogP contribution in [-0.2, 0) is 0 Å². The summed E-state index contributed by atoms with van der Waals surface area (Å²) >= 11 is 15.2. The first kappa shape index (κ1) is 15.5. The van der Waals surface area contributed by atoms with E-state index in [1.807, 2.05) is 0 Å². The Morgan fingerprint density at radius 3 is 1.55 bits per heavy atom. The maximum atomic E-state index is 11.6. The van der Waals surface area contributed by atoms with E-state index >= 15 is 0 Å². The van der Waals surface area contributed by atoms with Gasteiger partial charge in [0.25, 0.3) is 11.8 Å². The average Bonchev–Trinajstić information content (AvgIpc) is 3.16. The Balaban J connectivity index is 2.33. The molecular formula is C12H8Cl2N4O2S2. The highest BCUT2D eigenvalue weighted by atomic mass is 35.5. The molecule has 0 aliphatic carbocycles. The molecule has 0 bridgehead atoms. The smallest absolute Gasteiger partial charge is 0.275 e. The lowest BCUT2D eigenvalue weighted by Gasteiger charge is -1.99. The molecular weight excluding hydrogens is 367 g/mol. The fourth-order valence-corrected chi connectivity index (χ4v) is 4.93. The summed E-state index contributed by atoms with van der Waals surface area (Å²) in [5.74, 6) is 9.44. The minimum absolute atomic E-state index is 0.402. The van der Waals surface area contributed by atoms with Gasteiger partial charge in [0, 0.05) is 10.8 Å². The Morgan fingerprint density at radius 1 is 0.864 bits per heavy atom. The normalized spacial score (nSPS) is 11.1. The number of nitrogens with one attached hydrogen (secondary N) is 2. The van der Waals surface area contributed by atoms with Crippen LogP contribution in [0.1, 0.15) is 19.3 Å². The van der Waals surface area contributed by atoms with Crippen LogP contribution in [0.2, 0.25) is 10.0 Å². The van der Waals surface area contributed by atoms with Crippen molar-refractivity contribution in [3.8, 4) is 0 Å². The van der Waals surface area contributed by atoms with Crippen molar-refractivity contribution in [3.63, 3.8) is 0 Å². The summed E-state index contributed by atoms with van der Waals surface area (Å²) in [6, 6.07) is 3.25. The topological polar surface area (TPSA) is 110 Å². The number of hydrazine groups is 2. The molecule has 114 valence electrons. The van der Waals surface area contributed by atoms with E-state index in [2.05, 4.69) is 10.9 Å². The molecule has 0 fully saturated rings. The quantitative estimate of drug-likeness (QED) is 0.314. The third-order valence-electron chi connectivity index (χ3n) is 3.05. The van der Waals surface area contributed by atoms with Gasteiger partial charge in [-0.1, -0.05) is 23.2 Å². The molecule has 6 nitrogen and oxygen atoms in total. The van der Waals surface area contributed by atoms with E-state index in [-0.39, 0.29) is 0 Å². The Kier molecular flexibility index (Phi) is 3.98. The molecule has 0 spiro atoms. The number of hydrogen-bond donors (Lipinski definition) is 4. The third-order valence-corrected chi connectivity index (χ3v) is 6.36. The van der Waals surface area contributed by atoms with Gasteiger partial charge in [0.1, 0.15) is 0 Å². The summed E-state index contributed by atoms with van der Waals surface area (Å²) < 4.78 is 1.32. The van der Waals surface area contributed by atoms with Crippen LogP contribution in [0.5, 0.6) is 0 Å². The number of nitrogen functional groups attached to an aromatic ring is 2. The molecule has 3 rings (SSSR count). The van der Waals surface area contributed by atoms with E-state index in [9.17, 15) is 9.59 Å². The maximum absolute atomic E-state index is 11.6. The van der Waals surface area contributed by atoms with Crippen molar-refractivity contribution in [2.75, 3.05) is 0 Å². The van der Waals surface area contributed by atoms with E-state index in [0.29, 0.717) is 40.0 Å². The summed E-state index contributed by atoms with van der Waals surface area (Å²) in [6.45, 7) is 0. The van der Waals surface area contributed by atoms with Gasteiger partial charge in [0.05, 0.1) is 29.2 Å². The van der Waals surface area contributed by atoms with E-state index in [1.54, 1.807) is 12.1 Å². The first-order valence-electron chi connectivity index (χ1n) is 5.83. The molecule has 2 heterocycles. The van der Waals surface area contributed by atoms with Gasteiger partial charge >= 0.3 is 0 Å². The van der Waals surface area contributed by atoms with Gasteiger partial charge < -0.3 is 0 Å². The average molecular weight is 375 g/mol. The second-order valence-corrected chi connectivity index (χ2v) is 7.14. The van der Waals surface area contributed by atoms with Crippen LogP contribution in [0.4, 0.5) is 0 Å². The van der Waals surface area contributed by atoms with Crippen molar-refractivity contribution in [1.29, 1.82) is 0 Å². The largest absolute Gasteiger partial charge is 0.289 e. The minimum Gasteiger partial charge on any atom is -0.289 e. The second-order valence-electron chi connectivity index (χ2n) is 4.28. The molecule has 0 saturated carbocycles. The highest BCUT2D eigenvalue weighted by molar-refractivity contribution is 7.23. The van der Waals surface area contributed by atoms with E-state index < -0.39 is 11.8 Å². The number of fused-ring (bicyclic) bond motifs is 2. The standard InChI is InChI=1S/C12H8Cl2N4O2S2/c13-7-3-1-5(11(19)17-15)21-9(3)8(14)4-2-6(12(20)18-16)22-10(4)7/h1-2H,15-16H2,(H,17,19)(H,18,20). The molecule has 0 aliphatic heterocycles. The fourth-order valence-electron chi connectivity index (χ4n) is 2.04. The molecule has 0 atom stereocenters. The van der Waals surface area contributed by atoms with Gasteiger partial charge in [-0.15, -0.1) is 22.7 Å². The zero-order valence-corrected chi connectivity index (χ0v) is 13.8. The molecule has 0 saturated heterocycles. The summed E-state index contributed by atoms with van der Waals surface area (Å²) in [5.41, 5.74) is 4.14. The summed E-state index contributed by atoms with van der Waals surface area (Å²) in [6.07, 6.45) is 0. The molecule has 2 amide bonds. The molecule has 10 heteroatoms. The number of carbonyl (C=O) groups excluding carboxylic acids is 2. The van der Waals surface area contributed by atoms with E-state index in [0.717, 1.165) is 0 Å².